The van der Waals surface area contributed by atoms with Gasteiger partial charge in [0.2, 0.25) is 15.9 Å². The van der Waals surface area contributed by atoms with Crippen molar-refractivity contribution in [3.8, 4) is 0 Å². The Hall–Kier alpha value is -2.65. The van der Waals surface area contributed by atoms with Crippen LogP contribution in [0.2, 0.25) is 0 Å². The van der Waals surface area contributed by atoms with E-state index in [9.17, 15) is 18.0 Å². The molecule has 0 bridgehead atoms. The van der Waals surface area contributed by atoms with Crippen molar-refractivity contribution in [3.05, 3.63) is 36.4 Å². The van der Waals surface area contributed by atoms with Crippen molar-refractivity contribution >= 4 is 38.5 Å². The van der Waals surface area contributed by atoms with E-state index in [2.05, 4.69) is 10.0 Å². The van der Waals surface area contributed by atoms with Gasteiger partial charge in [0.25, 0.3) is 0 Å². The molecule has 2 N–H and O–H groups in total. The molecule has 1 aliphatic heterocycles. The van der Waals surface area contributed by atoms with E-state index in [1.165, 1.54) is 6.42 Å². The highest BCUT2D eigenvalue weighted by Crippen LogP contribution is 2.32. The zero-order valence-electron chi connectivity index (χ0n) is 21.4. The van der Waals surface area contributed by atoms with Crippen LogP contribution in [0.3, 0.4) is 0 Å². The first-order valence-corrected chi connectivity index (χ1v) is 14.3. The van der Waals surface area contributed by atoms with E-state index in [4.69, 9.17) is 4.74 Å². The summed E-state index contributed by atoms with van der Waals surface area (Å²) in [4.78, 5) is 27.0. The average Bonchev–Trinajstić information content (AvgIpc) is 2.83. The van der Waals surface area contributed by atoms with E-state index in [-0.39, 0.29) is 31.7 Å². The second-order valence-electron chi connectivity index (χ2n) is 10.8. The molecule has 200 valence electrons. The second kappa shape index (κ2) is 10.8. The number of benzene rings is 2. The number of piperidine rings is 1. The summed E-state index contributed by atoms with van der Waals surface area (Å²) in [6.07, 6.45) is 5.74. The van der Waals surface area contributed by atoms with Gasteiger partial charge in [-0.15, -0.1) is 0 Å². The molecule has 9 heteroatoms. The van der Waals surface area contributed by atoms with Gasteiger partial charge in [0.05, 0.1) is 4.90 Å². The monoisotopic (exact) mass is 519 g/mol. The molecule has 8 nitrogen and oxygen atoms in total. The zero-order chi connectivity index (χ0) is 25.9. The molecule has 0 spiro atoms. The summed E-state index contributed by atoms with van der Waals surface area (Å²) < 4.78 is 35.0. The maximum absolute atomic E-state index is 13.4. The van der Waals surface area contributed by atoms with Crippen LogP contribution in [-0.4, -0.2) is 50.1 Å². The Balaban J connectivity index is 0.00000253. The fourth-order valence-electron chi connectivity index (χ4n) is 5.00. The average molecular weight is 520 g/mol. The molecule has 2 aliphatic rings. The summed E-state index contributed by atoms with van der Waals surface area (Å²) in [6.45, 7) is 6.32. The minimum Gasteiger partial charge on any atom is -0.444 e. The third-order valence-corrected chi connectivity index (χ3v) is 8.45. The molecule has 0 aromatic heterocycles. The van der Waals surface area contributed by atoms with Crippen molar-refractivity contribution in [2.45, 2.75) is 82.3 Å². The zero-order valence-corrected chi connectivity index (χ0v) is 22.2. The van der Waals surface area contributed by atoms with Crippen molar-refractivity contribution in [1.82, 2.24) is 9.62 Å². The predicted molar refractivity (Wildman–Crippen MR) is 145 cm³/mol. The lowest BCUT2D eigenvalue weighted by Gasteiger charge is -2.33. The Morgan fingerprint density at radius 3 is 2.22 bits per heavy atom. The number of likely N-dealkylation sites (tertiary alicyclic amines) is 1. The van der Waals surface area contributed by atoms with Crippen molar-refractivity contribution in [3.63, 3.8) is 0 Å². The standard InChI is InChI=1S/C27H37N3O5S.2H2/c1-27(2,3)35-26(32)30-17-15-20(16-18-30)29-36(33,34)24-14-13-23(21-11-7-8-12-22(21)24)28-25(31)19-9-5-4-6-10-19;;/h7-8,11-14,19-20,29H,4-6,9-10,15-18H2,1-3H3,(H,28,31);2*1H. The van der Waals surface area contributed by atoms with Gasteiger partial charge in [-0.25, -0.2) is 17.9 Å². The number of carbonyl (C=O) groups is 2. The minimum absolute atomic E-state index is 0. The van der Waals surface area contributed by atoms with Gasteiger partial charge in [-0.05, 0) is 58.6 Å². The number of nitrogens with zero attached hydrogens (tertiary/aromatic N) is 1. The molecular weight excluding hydrogens is 478 g/mol. The van der Waals surface area contributed by atoms with Crippen LogP contribution in [0.5, 0.6) is 0 Å². The van der Waals surface area contributed by atoms with Crippen molar-refractivity contribution in [2.24, 2.45) is 5.92 Å². The summed E-state index contributed by atoms with van der Waals surface area (Å²) >= 11 is 0. The molecule has 4 rings (SSSR count). The van der Waals surface area contributed by atoms with Gasteiger partial charge in [-0.3, -0.25) is 4.79 Å². The van der Waals surface area contributed by atoms with Gasteiger partial charge < -0.3 is 15.0 Å². The summed E-state index contributed by atoms with van der Waals surface area (Å²) in [6, 6.07) is 10.2. The summed E-state index contributed by atoms with van der Waals surface area (Å²) in [5.41, 5.74) is 0.0595. The SMILES string of the molecule is CC(C)(C)OC(=O)N1CCC(NS(=O)(=O)c2ccc(NC(=O)C3CCCCC3)c3ccccc23)CC1.[HH].[HH]. The number of sulfonamides is 1. The van der Waals surface area contributed by atoms with Gasteiger partial charge in [0.1, 0.15) is 5.60 Å². The summed E-state index contributed by atoms with van der Waals surface area (Å²) in [5.74, 6) is 0.0134. The van der Waals surface area contributed by atoms with E-state index in [1.807, 2.05) is 32.9 Å². The third kappa shape index (κ3) is 6.37. The molecule has 2 amide bonds. The highest BCUT2D eigenvalue weighted by molar-refractivity contribution is 7.89. The number of fused-ring (bicyclic) bond motifs is 1. The van der Waals surface area contributed by atoms with Crippen LogP contribution in [0.25, 0.3) is 10.8 Å². The molecule has 1 saturated carbocycles. The Labute approximate surface area is 216 Å². The molecule has 0 atom stereocenters. The van der Waals surface area contributed by atoms with Crippen LogP contribution in [0.15, 0.2) is 41.3 Å². The highest BCUT2D eigenvalue weighted by Gasteiger charge is 2.30. The molecule has 1 aliphatic carbocycles. The van der Waals surface area contributed by atoms with Crippen molar-refractivity contribution in [1.29, 1.82) is 0 Å². The minimum atomic E-state index is -3.82. The lowest BCUT2D eigenvalue weighted by molar-refractivity contribution is -0.120. The van der Waals surface area contributed by atoms with Crippen LogP contribution in [0.1, 0.15) is 68.6 Å². The molecule has 0 unspecified atom stereocenters. The first kappa shape index (κ1) is 26.4. The molecule has 36 heavy (non-hydrogen) atoms. The quantitative estimate of drug-likeness (QED) is 0.541. The second-order valence-corrected chi connectivity index (χ2v) is 12.5. The summed E-state index contributed by atoms with van der Waals surface area (Å²) in [7, 11) is -3.82. The number of amides is 2. The van der Waals surface area contributed by atoms with E-state index in [0.29, 0.717) is 42.4 Å². The Bertz CT molecular complexity index is 1220. The highest BCUT2D eigenvalue weighted by atomic mass is 32.2. The van der Waals surface area contributed by atoms with Gasteiger partial charge in [-0.2, -0.15) is 0 Å². The van der Waals surface area contributed by atoms with Crippen LogP contribution >= 0.6 is 0 Å². The first-order chi connectivity index (χ1) is 17.0. The molecule has 1 saturated heterocycles. The number of carbonyl (C=O) groups excluding carboxylic acids is 2. The number of rotatable bonds is 5. The molecule has 1 heterocycles. The lowest BCUT2D eigenvalue weighted by atomic mass is 9.88. The number of nitrogens with one attached hydrogen (secondary N) is 2. The number of hydrogen-bond acceptors (Lipinski definition) is 5. The van der Waals surface area contributed by atoms with E-state index in [1.54, 1.807) is 29.2 Å². The van der Waals surface area contributed by atoms with Gasteiger partial charge in [0.15, 0.2) is 0 Å². The van der Waals surface area contributed by atoms with Crippen LogP contribution in [0.4, 0.5) is 10.5 Å². The maximum atomic E-state index is 13.4. The fourth-order valence-corrected chi connectivity index (χ4v) is 6.52. The van der Waals surface area contributed by atoms with Crippen LogP contribution < -0.4 is 10.0 Å². The molecule has 2 aromatic carbocycles. The van der Waals surface area contributed by atoms with Gasteiger partial charge in [-0.1, -0.05) is 43.5 Å². The number of ether oxygens (including phenoxy) is 1. The molecule has 2 fully saturated rings. The third-order valence-electron chi connectivity index (χ3n) is 6.88. The molecule has 0 radical (unpaired) electrons. The van der Waals surface area contributed by atoms with Crippen LogP contribution in [0, 0.1) is 5.92 Å². The number of hydrogen-bond donors (Lipinski definition) is 2. The largest absolute Gasteiger partial charge is 0.444 e. The molecule has 2 aromatic rings. The Morgan fingerprint density at radius 1 is 0.944 bits per heavy atom. The van der Waals surface area contributed by atoms with E-state index >= 15 is 0 Å². The smallest absolute Gasteiger partial charge is 0.410 e. The predicted octanol–water partition coefficient (Wildman–Crippen LogP) is 5.53. The van der Waals surface area contributed by atoms with Crippen LogP contribution in [-0.2, 0) is 19.6 Å². The Kier molecular flexibility index (Phi) is 7.90. The lowest BCUT2D eigenvalue weighted by Crippen LogP contribution is -2.47. The first-order valence-electron chi connectivity index (χ1n) is 12.9. The van der Waals surface area contributed by atoms with Crippen molar-refractivity contribution < 1.29 is 25.6 Å². The Morgan fingerprint density at radius 2 is 1.58 bits per heavy atom. The fraction of sp³-hybridized carbons (Fsp3) is 0.556. The normalized spacial score (nSPS) is 18.2. The topological polar surface area (TPSA) is 105 Å². The maximum Gasteiger partial charge on any atom is 0.410 e. The molecular formula is C27H41N3O5S. The van der Waals surface area contributed by atoms with Crippen molar-refractivity contribution in [2.75, 3.05) is 18.4 Å². The van der Waals surface area contributed by atoms with E-state index < -0.39 is 15.6 Å². The van der Waals surface area contributed by atoms with E-state index in [0.717, 1.165) is 25.7 Å². The van der Waals surface area contributed by atoms with Gasteiger partial charge >= 0.3 is 6.09 Å². The summed E-state index contributed by atoms with van der Waals surface area (Å²) in [5, 5.41) is 4.31. The number of anilines is 1. The van der Waals surface area contributed by atoms with Gasteiger partial charge in [0, 0.05) is 44.4 Å².